The van der Waals surface area contributed by atoms with Crippen LogP contribution in [-0.2, 0) is 16.2 Å². The Labute approximate surface area is 339 Å². The standard InChI is InChI=1S/C55H43N3/c1-53(2)37-19-7-13-31-25-28-56-50(43(31)37)47-34(16-10-22-40(47)53)46(35-17-11-23-41-48(35)51-44-32(26-29-57-51)14-8-20-38(44)54(41,3)4)36-18-12-24-42-49(36)52-45-33(27-30-58-52)15-9-21-39(45)55(42,5)6/h7-30,46H,1-6H3. The number of nitrogens with zero attached hydrogens (tertiary/aromatic N) is 3. The van der Waals surface area contributed by atoms with Crippen LogP contribution in [0.5, 0.6) is 0 Å². The van der Waals surface area contributed by atoms with E-state index in [1.165, 1.54) is 99.1 Å². The van der Waals surface area contributed by atoms with Gasteiger partial charge in [0.05, 0.1) is 17.1 Å². The van der Waals surface area contributed by atoms with E-state index in [9.17, 15) is 0 Å². The minimum Gasteiger partial charge on any atom is -0.256 e. The van der Waals surface area contributed by atoms with Crippen molar-refractivity contribution in [2.45, 2.75) is 63.7 Å². The van der Waals surface area contributed by atoms with Gasteiger partial charge in [-0.3, -0.25) is 15.0 Å². The highest BCUT2D eigenvalue weighted by Crippen LogP contribution is 2.58. The van der Waals surface area contributed by atoms with E-state index < -0.39 is 0 Å². The van der Waals surface area contributed by atoms with Crippen LogP contribution < -0.4 is 0 Å². The Morgan fingerprint density at radius 1 is 0.328 bits per heavy atom. The first-order valence-corrected chi connectivity index (χ1v) is 20.6. The van der Waals surface area contributed by atoms with Crippen molar-refractivity contribution in [3.63, 3.8) is 0 Å². The first-order valence-electron chi connectivity index (χ1n) is 20.6. The summed E-state index contributed by atoms with van der Waals surface area (Å²) < 4.78 is 0. The van der Waals surface area contributed by atoms with Crippen LogP contribution in [0, 0.1) is 0 Å². The third-order valence-corrected chi connectivity index (χ3v) is 14.3. The Kier molecular flexibility index (Phi) is 6.59. The summed E-state index contributed by atoms with van der Waals surface area (Å²) in [5.41, 5.74) is 17.8. The van der Waals surface area contributed by atoms with E-state index in [2.05, 4.69) is 169 Å². The predicted octanol–water partition coefficient (Wildman–Crippen LogP) is 13.4. The summed E-state index contributed by atoms with van der Waals surface area (Å²) in [5.74, 6) is -0.186. The average Bonchev–Trinajstić information content (AvgIpc) is 3.24. The Morgan fingerprint density at radius 2 is 0.603 bits per heavy atom. The highest BCUT2D eigenvalue weighted by Gasteiger charge is 2.42. The van der Waals surface area contributed by atoms with Gasteiger partial charge in [0.1, 0.15) is 0 Å². The summed E-state index contributed by atoms with van der Waals surface area (Å²) in [6, 6.07) is 47.8. The Hall–Kier alpha value is -6.45. The lowest BCUT2D eigenvalue weighted by molar-refractivity contribution is 0.639. The van der Waals surface area contributed by atoms with Gasteiger partial charge < -0.3 is 0 Å². The van der Waals surface area contributed by atoms with E-state index in [0.717, 1.165) is 17.1 Å². The van der Waals surface area contributed by atoms with Gasteiger partial charge in [-0.2, -0.15) is 0 Å². The zero-order valence-corrected chi connectivity index (χ0v) is 33.8. The quantitative estimate of drug-likeness (QED) is 0.169. The molecule has 3 aliphatic carbocycles. The summed E-state index contributed by atoms with van der Waals surface area (Å²) in [6.07, 6.45) is 5.99. The van der Waals surface area contributed by atoms with Crippen LogP contribution in [0.2, 0.25) is 0 Å². The van der Waals surface area contributed by atoms with Crippen LogP contribution in [0.4, 0.5) is 0 Å². The highest BCUT2D eigenvalue weighted by molar-refractivity contribution is 6.06. The van der Waals surface area contributed by atoms with Crippen molar-refractivity contribution >= 4 is 32.3 Å². The number of benzene rings is 6. The second kappa shape index (κ2) is 11.4. The number of hydrogen-bond donors (Lipinski definition) is 0. The molecule has 0 atom stereocenters. The maximum Gasteiger partial charge on any atom is 0.0789 e. The van der Waals surface area contributed by atoms with Crippen molar-refractivity contribution in [1.29, 1.82) is 0 Å². The molecule has 278 valence electrons. The van der Waals surface area contributed by atoms with Gasteiger partial charge in [-0.25, -0.2) is 0 Å². The Balaban J connectivity index is 1.27. The van der Waals surface area contributed by atoms with Gasteiger partial charge in [0.2, 0.25) is 0 Å². The fourth-order valence-corrected chi connectivity index (χ4v) is 11.5. The predicted molar refractivity (Wildman–Crippen MR) is 239 cm³/mol. The van der Waals surface area contributed by atoms with Crippen LogP contribution in [0.3, 0.4) is 0 Å². The summed E-state index contributed by atoms with van der Waals surface area (Å²) in [5, 5.41) is 7.44. The molecule has 0 bridgehead atoms. The largest absolute Gasteiger partial charge is 0.256 e. The molecular weight excluding hydrogens is 703 g/mol. The van der Waals surface area contributed by atoms with Crippen LogP contribution in [0.1, 0.15) is 97.5 Å². The first-order chi connectivity index (χ1) is 28.1. The first kappa shape index (κ1) is 33.7. The van der Waals surface area contributed by atoms with E-state index in [4.69, 9.17) is 15.0 Å². The molecule has 6 aromatic carbocycles. The number of pyridine rings is 3. The molecule has 0 saturated carbocycles. The molecule has 0 amide bonds. The van der Waals surface area contributed by atoms with Gasteiger partial charge in [-0.1, -0.05) is 151 Å². The molecule has 12 rings (SSSR count). The number of fused-ring (bicyclic) bond motifs is 6. The zero-order valence-electron chi connectivity index (χ0n) is 33.8. The zero-order chi connectivity index (χ0) is 39.3. The molecule has 0 N–H and O–H groups in total. The summed E-state index contributed by atoms with van der Waals surface area (Å²) in [7, 11) is 0. The normalized spacial score (nSPS) is 16.0. The van der Waals surface area contributed by atoms with Crippen molar-refractivity contribution in [3.05, 3.63) is 196 Å². The Morgan fingerprint density at radius 3 is 0.914 bits per heavy atom. The smallest absolute Gasteiger partial charge is 0.0789 e. The topological polar surface area (TPSA) is 38.7 Å². The number of hydrogen-bond acceptors (Lipinski definition) is 3. The second-order valence-corrected chi connectivity index (χ2v) is 18.3. The van der Waals surface area contributed by atoms with Gasteiger partial charge in [0.15, 0.2) is 0 Å². The lowest BCUT2D eigenvalue weighted by Gasteiger charge is -2.40. The van der Waals surface area contributed by atoms with Crippen LogP contribution in [0.25, 0.3) is 66.1 Å². The van der Waals surface area contributed by atoms with Crippen molar-refractivity contribution in [2.24, 2.45) is 0 Å². The van der Waals surface area contributed by atoms with Gasteiger partial charge in [0, 0.05) is 73.6 Å². The van der Waals surface area contributed by atoms with Crippen LogP contribution in [-0.4, -0.2) is 15.0 Å². The summed E-state index contributed by atoms with van der Waals surface area (Å²) >= 11 is 0. The van der Waals surface area contributed by atoms with Gasteiger partial charge >= 0.3 is 0 Å². The number of aromatic nitrogens is 3. The van der Waals surface area contributed by atoms with Gasteiger partial charge in [0.25, 0.3) is 0 Å². The molecule has 3 nitrogen and oxygen atoms in total. The third kappa shape index (κ3) is 4.16. The lowest BCUT2D eigenvalue weighted by Crippen LogP contribution is -2.28. The average molecular weight is 746 g/mol. The molecule has 58 heavy (non-hydrogen) atoms. The molecule has 0 saturated heterocycles. The van der Waals surface area contributed by atoms with Crippen molar-refractivity contribution in [1.82, 2.24) is 15.0 Å². The molecule has 3 aromatic heterocycles. The van der Waals surface area contributed by atoms with Gasteiger partial charge in [-0.15, -0.1) is 0 Å². The molecule has 0 radical (unpaired) electrons. The van der Waals surface area contributed by atoms with E-state index in [0.29, 0.717) is 0 Å². The van der Waals surface area contributed by atoms with Crippen molar-refractivity contribution in [3.8, 4) is 33.8 Å². The molecule has 0 aliphatic heterocycles. The van der Waals surface area contributed by atoms with E-state index >= 15 is 0 Å². The molecular formula is C55H43N3. The fraction of sp³-hybridized carbons (Fsp3) is 0.182. The maximum absolute atomic E-state index is 5.29. The van der Waals surface area contributed by atoms with E-state index in [-0.39, 0.29) is 22.2 Å². The van der Waals surface area contributed by atoms with Crippen molar-refractivity contribution < 1.29 is 0 Å². The van der Waals surface area contributed by atoms with E-state index in [1.807, 2.05) is 18.6 Å². The molecule has 3 heteroatoms. The highest BCUT2D eigenvalue weighted by atomic mass is 14.7. The fourth-order valence-electron chi connectivity index (χ4n) is 11.5. The van der Waals surface area contributed by atoms with Crippen LogP contribution in [0.15, 0.2) is 146 Å². The molecule has 3 heterocycles. The molecule has 3 aliphatic rings. The van der Waals surface area contributed by atoms with E-state index in [1.54, 1.807) is 0 Å². The summed E-state index contributed by atoms with van der Waals surface area (Å²) in [4.78, 5) is 15.9. The molecule has 0 fully saturated rings. The lowest BCUT2D eigenvalue weighted by atomic mass is 9.63. The molecule has 9 aromatic rings. The monoisotopic (exact) mass is 745 g/mol. The molecule has 0 unspecified atom stereocenters. The van der Waals surface area contributed by atoms with Gasteiger partial charge in [-0.05, 0) is 84.4 Å². The molecule has 0 spiro atoms. The second-order valence-electron chi connectivity index (χ2n) is 18.3. The maximum atomic E-state index is 5.29. The van der Waals surface area contributed by atoms with Crippen LogP contribution >= 0.6 is 0 Å². The Bertz CT molecular complexity index is 2910. The van der Waals surface area contributed by atoms with Crippen molar-refractivity contribution in [2.75, 3.05) is 0 Å². The summed E-state index contributed by atoms with van der Waals surface area (Å²) in [6.45, 7) is 14.3. The number of rotatable bonds is 3. The third-order valence-electron chi connectivity index (χ3n) is 14.3. The SMILES string of the molecule is CC1(C)c2cccc(C(c3cccc4c3-c3nccc5cccc(c35)C4(C)C)c3cccc4c3-c3nccc5cccc(c35)C4(C)C)c2-c2nccc3cccc1c23. The minimum atomic E-state index is -0.250. The minimum absolute atomic E-state index is 0.186.